The number of hydrogen-bond acceptors (Lipinski definition) is 4. The molecular weight excluding hydrogens is 190 g/mol. The van der Waals surface area contributed by atoms with E-state index in [1.807, 2.05) is 33.2 Å². The van der Waals surface area contributed by atoms with Gasteiger partial charge in [0.25, 0.3) is 0 Å². The molecule has 0 saturated heterocycles. The molecule has 0 amide bonds. The number of aromatic nitrogens is 1. The molecule has 0 fully saturated rings. The van der Waals surface area contributed by atoms with Crippen molar-refractivity contribution in [3.8, 4) is 5.88 Å². The van der Waals surface area contributed by atoms with Gasteiger partial charge < -0.3 is 15.4 Å². The lowest BCUT2D eigenvalue weighted by molar-refractivity contribution is 0.251. The number of pyridine rings is 1. The SMILES string of the molecule is Cc1ccc(CN)c(OCCN(C)C)n1. The van der Waals surface area contributed by atoms with Crippen LogP contribution in [0.1, 0.15) is 11.3 Å². The highest BCUT2D eigenvalue weighted by Crippen LogP contribution is 2.15. The zero-order valence-corrected chi connectivity index (χ0v) is 9.66. The van der Waals surface area contributed by atoms with Gasteiger partial charge >= 0.3 is 0 Å². The molecular formula is C11H19N3O. The van der Waals surface area contributed by atoms with E-state index in [0.717, 1.165) is 17.8 Å². The van der Waals surface area contributed by atoms with Crippen LogP contribution in [0.15, 0.2) is 12.1 Å². The lowest BCUT2D eigenvalue weighted by atomic mass is 10.2. The second kappa shape index (κ2) is 5.68. The number of nitrogens with zero attached hydrogens (tertiary/aromatic N) is 2. The van der Waals surface area contributed by atoms with Crippen molar-refractivity contribution >= 4 is 0 Å². The summed E-state index contributed by atoms with van der Waals surface area (Å²) in [6, 6.07) is 3.91. The standard InChI is InChI=1S/C11H19N3O/c1-9-4-5-10(8-12)11(13-9)15-7-6-14(2)3/h4-5H,6-8,12H2,1-3H3. The summed E-state index contributed by atoms with van der Waals surface area (Å²) < 4.78 is 5.59. The van der Waals surface area contributed by atoms with Gasteiger partial charge in [-0.2, -0.15) is 0 Å². The third-order valence-corrected chi connectivity index (χ3v) is 2.08. The van der Waals surface area contributed by atoms with Gasteiger partial charge in [0.15, 0.2) is 0 Å². The first-order chi connectivity index (χ1) is 7.13. The summed E-state index contributed by atoms with van der Waals surface area (Å²) >= 11 is 0. The van der Waals surface area contributed by atoms with Crippen molar-refractivity contribution in [2.24, 2.45) is 5.73 Å². The van der Waals surface area contributed by atoms with E-state index in [1.54, 1.807) is 0 Å². The molecule has 0 aliphatic heterocycles. The molecule has 0 aromatic carbocycles. The van der Waals surface area contributed by atoms with Crippen LogP contribution in [0.4, 0.5) is 0 Å². The Morgan fingerprint density at radius 2 is 2.13 bits per heavy atom. The Morgan fingerprint density at radius 1 is 1.40 bits per heavy atom. The van der Waals surface area contributed by atoms with E-state index in [1.165, 1.54) is 0 Å². The maximum absolute atomic E-state index is 5.60. The number of ether oxygens (including phenoxy) is 1. The highest BCUT2D eigenvalue weighted by molar-refractivity contribution is 5.27. The molecule has 15 heavy (non-hydrogen) atoms. The van der Waals surface area contributed by atoms with Crippen molar-refractivity contribution in [2.45, 2.75) is 13.5 Å². The summed E-state index contributed by atoms with van der Waals surface area (Å²) in [6.45, 7) is 3.92. The molecule has 1 aromatic heterocycles. The van der Waals surface area contributed by atoms with Crippen molar-refractivity contribution < 1.29 is 4.74 Å². The summed E-state index contributed by atoms with van der Waals surface area (Å²) in [7, 11) is 4.02. The summed E-state index contributed by atoms with van der Waals surface area (Å²) in [5.74, 6) is 0.666. The first-order valence-corrected chi connectivity index (χ1v) is 5.07. The van der Waals surface area contributed by atoms with Gasteiger partial charge in [-0.3, -0.25) is 0 Å². The summed E-state index contributed by atoms with van der Waals surface area (Å²) in [4.78, 5) is 6.39. The smallest absolute Gasteiger partial charge is 0.218 e. The molecule has 0 aliphatic carbocycles. The predicted molar refractivity (Wildman–Crippen MR) is 60.9 cm³/mol. The van der Waals surface area contributed by atoms with Crippen molar-refractivity contribution in [3.63, 3.8) is 0 Å². The fraction of sp³-hybridized carbons (Fsp3) is 0.545. The monoisotopic (exact) mass is 209 g/mol. The van der Waals surface area contributed by atoms with Crippen LogP contribution in [0.2, 0.25) is 0 Å². The Kier molecular flexibility index (Phi) is 4.52. The molecule has 0 aliphatic rings. The van der Waals surface area contributed by atoms with Crippen molar-refractivity contribution in [1.29, 1.82) is 0 Å². The van der Waals surface area contributed by atoms with Crippen molar-refractivity contribution in [1.82, 2.24) is 9.88 Å². The van der Waals surface area contributed by atoms with Crippen LogP contribution >= 0.6 is 0 Å². The number of aryl methyl sites for hydroxylation is 1. The van der Waals surface area contributed by atoms with Gasteiger partial charge in [-0.05, 0) is 27.1 Å². The zero-order valence-electron chi connectivity index (χ0n) is 9.66. The van der Waals surface area contributed by atoms with Gasteiger partial charge in [0.1, 0.15) is 6.61 Å². The highest BCUT2D eigenvalue weighted by atomic mass is 16.5. The van der Waals surface area contributed by atoms with E-state index < -0.39 is 0 Å². The minimum Gasteiger partial charge on any atom is -0.476 e. The highest BCUT2D eigenvalue weighted by Gasteiger charge is 2.04. The van der Waals surface area contributed by atoms with Gasteiger partial charge in [-0.25, -0.2) is 4.98 Å². The fourth-order valence-corrected chi connectivity index (χ4v) is 1.17. The van der Waals surface area contributed by atoms with E-state index in [-0.39, 0.29) is 0 Å². The molecule has 4 heteroatoms. The Balaban J connectivity index is 2.62. The third kappa shape index (κ3) is 3.85. The van der Waals surface area contributed by atoms with Crippen LogP contribution < -0.4 is 10.5 Å². The lowest BCUT2D eigenvalue weighted by Gasteiger charge is -2.12. The van der Waals surface area contributed by atoms with Crippen LogP contribution in [0, 0.1) is 6.92 Å². The van der Waals surface area contributed by atoms with Crippen LogP contribution in [0.3, 0.4) is 0 Å². The van der Waals surface area contributed by atoms with Gasteiger partial charge in [-0.1, -0.05) is 6.07 Å². The normalized spacial score (nSPS) is 10.7. The van der Waals surface area contributed by atoms with E-state index in [2.05, 4.69) is 9.88 Å². The van der Waals surface area contributed by atoms with E-state index in [0.29, 0.717) is 19.0 Å². The van der Waals surface area contributed by atoms with Gasteiger partial charge in [0, 0.05) is 24.3 Å². The molecule has 2 N–H and O–H groups in total. The zero-order chi connectivity index (χ0) is 11.3. The van der Waals surface area contributed by atoms with E-state index in [9.17, 15) is 0 Å². The fourth-order valence-electron chi connectivity index (χ4n) is 1.17. The van der Waals surface area contributed by atoms with Gasteiger partial charge in [0.05, 0.1) is 0 Å². The predicted octanol–water partition coefficient (Wildman–Crippen LogP) is 0.789. The Hall–Kier alpha value is -1.13. The summed E-state index contributed by atoms with van der Waals surface area (Å²) in [5.41, 5.74) is 7.51. The largest absolute Gasteiger partial charge is 0.476 e. The minimum atomic E-state index is 0.463. The molecule has 4 nitrogen and oxygen atoms in total. The molecule has 1 heterocycles. The molecule has 1 rings (SSSR count). The second-order valence-corrected chi connectivity index (χ2v) is 3.77. The number of nitrogens with two attached hydrogens (primary N) is 1. The number of likely N-dealkylation sites (N-methyl/N-ethyl adjacent to an activating group) is 1. The topological polar surface area (TPSA) is 51.4 Å². The Bertz CT molecular complexity index is 313. The van der Waals surface area contributed by atoms with Crippen LogP contribution in [0.25, 0.3) is 0 Å². The third-order valence-electron chi connectivity index (χ3n) is 2.08. The first kappa shape index (κ1) is 11.9. The number of hydrogen-bond donors (Lipinski definition) is 1. The molecule has 0 bridgehead atoms. The molecule has 0 saturated carbocycles. The van der Waals surface area contributed by atoms with Crippen LogP contribution in [-0.2, 0) is 6.54 Å². The van der Waals surface area contributed by atoms with Gasteiger partial charge in [-0.15, -0.1) is 0 Å². The molecule has 84 valence electrons. The number of rotatable bonds is 5. The average Bonchev–Trinajstić information content (AvgIpc) is 2.17. The quantitative estimate of drug-likeness (QED) is 0.779. The summed E-state index contributed by atoms with van der Waals surface area (Å²) in [6.07, 6.45) is 0. The molecule has 0 unspecified atom stereocenters. The minimum absolute atomic E-state index is 0.463. The lowest BCUT2D eigenvalue weighted by Crippen LogP contribution is -2.20. The molecule has 1 aromatic rings. The average molecular weight is 209 g/mol. The Morgan fingerprint density at radius 3 is 2.73 bits per heavy atom. The molecule has 0 spiro atoms. The van der Waals surface area contributed by atoms with Gasteiger partial charge in [0.2, 0.25) is 5.88 Å². The second-order valence-electron chi connectivity index (χ2n) is 3.77. The maximum Gasteiger partial charge on any atom is 0.218 e. The van der Waals surface area contributed by atoms with E-state index in [4.69, 9.17) is 10.5 Å². The van der Waals surface area contributed by atoms with Crippen molar-refractivity contribution in [3.05, 3.63) is 23.4 Å². The Labute approximate surface area is 91.1 Å². The van der Waals surface area contributed by atoms with Crippen LogP contribution in [-0.4, -0.2) is 37.1 Å². The van der Waals surface area contributed by atoms with E-state index >= 15 is 0 Å². The molecule has 0 radical (unpaired) electrons. The van der Waals surface area contributed by atoms with Crippen molar-refractivity contribution in [2.75, 3.05) is 27.2 Å². The maximum atomic E-state index is 5.60. The first-order valence-electron chi connectivity index (χ1n) is 5.07. The van der Waals surface area contributed by atoms with Crippen LogP contribution in [0.5, 0.6) is 5.88 Å². The molecule has 0 atom stereocenters. The summed E-state index contributed by atoms with van der Waals surface area (Å²) in [5, 5.41) is 0.